The second-order valence-corrected chi connectivity index (χ2v) is 10.9. The minimum Gasteiger partial charge on any atom is -0.389 e. The Hall–Kier alpha value is -3.19. The fourth-order valence-electron chi connectivity index (χ4n) is 4.93. The van der Waals surface area contributed by atoms with Gasteiger partial charge in [-0.15, -0.1) is 0 Å². The lowest BCUT2D eigenvalue weighted by atomic mass is 9.73. The Balaban J connectivity index is 1.44. The third-order valence-electron chi connectivity index (χ3n) is 6.86. The number of aliphatic hydroxyl groups is 1. The van der Waals surface area contributed by atoms with Gasteiger partial charge in [-0.2, -0.15) is 5.10 Å². The van der Waals surface area contributed by atoms with Crippen LogP contribution in [-0.4, -0.2) is 40.9 Å². The molecule has 0 aromatic carbocycles. The van der Waals surface area contributed by atoms with Gasteiger partial charge in [0.2, 0.25) is 0 Å². The van der Waals surface area contributed by atoms with E-state index in [0.29, 0.717) is 12.6 Å². The summed E-state index contributed by atoms with van der Waals surface area (Å²) in [5.74, 6) is 0.913. The molecule has 1 atom stereocenters. The molecule has 5 rings (SSSR count). The molecule has 0 aliphatic heterocycles. The number of hydrogen-bond acceptors (Lipinski definition) is 5. The van der Waals surface area contributed by atoms with Crippen molar-refractivity contribution in [3.63, 3.8) is 0 Å². The lowest BCUT2D eigenvalue weighted by Gasteiger charge is -2.39. The summed E-state index contributed by atoms with van der Waals surface area (Å²) in [4.78, 5) is 9.56. The molecule has 178 valence electrons. The summed E-state index contributed by atoms with van der Waals surface area (Å²) in [5.41, 5.74) is 4.19. The fourth-order valence-corrected chi connectivity index (χ4v) is 4.93. The van der Waals surface area contributed by atoms with Crippen LogP contribution in [0, 0.1) is 5.41 Å². The van der Waals surface area contributed by atoms with Gasteiger partial charge in [0.1, 0.15) is 11.5 Å². The molecule has 34 heavy (non-hydrogen) atoms. The highest BCUT2D eigenvalue weighted by atomic mass is 16.3. The van der Waals surface area contributed by atoms with Crippen molar-refractivity contribution in [2.24, 2.45) is 5.41 Å². The molecule has 4 aromatic heterocycles. The molecule has 0 spiro atoms. The minimum absolute atomic E-state index is 0.268. The molecular formula is C27H34N6O. The van der Waals surface area contributed by atoms with Gasteiger partial charge >= 0.3 is 0 Å². The van der Waals surface area contributed by atoms with Crippen molar-refractivity contribution in [3.05, 3.63) is 55.1 Å². The van der Waals surface area contributed by atoms with Crippen LogP contribution >= 0.6 is 0 Å². The second-order valence-electron chi connectivity index (χ2n) is 10.9. The van der Waals surface area contributed by atoms with E-state index in [2.05, 4.69) is 52.0 Å². The number of nitrogens with zero attached hydrogens (tertiary/aromatic N) is 5. The molecule has 1 aliphatic rings. The van der Waals surface area contributed by atoms with Crippen LogP contribution in [0.3, 0.4) is 0 Å². The zero-order valence-electron chi connectivity index (χ0n) is 20.5. The monoisotopic (exact) mass is 458 g/mol. The first-order valence-electron chi connectivity index (χ1n) is 12.1. The molecule has 0 saturated heterocycles. The standard InChI is InChI=1S/C27H34N6O/c1-26(2)13-6-5-9-23(26)31-24-10-7-8-21(30-24)22-15-28-25-12-11-19(17-33(22)25)20-14-29-32(16-20)18-27(3,4)34/h7-8,10-12,14-17,23,34H,5-6,9,13,18H2,1-4H3,(H,30,31). The molecule has 7 nitrogen and oxygen atoms in total. The van der Waals surface area contributed by atoms with Crippen molar-refractivity contribution in [1.82, 2.24) is 24.1 Å². The minimum atomic E-state index is -0.817. The van der Waals surface area contributed by atoms with Crippen molar-refractivity contribution in [2.75, 3.05) is 5.32 Å². The number of fused-ring (bicyclic) bond motifs is 1. The van der Waals surface area contributed by atoms with Crippen molar-refractivity contribution in [3.8, 4) is 22.5 Å². The lowest BCUT2D eigenvalue weighted by molar-refractivity contribution is 0.0577. The Kier molecular flexibility index (Phi) is 5.68. The van der Waals surface area contributed by atoms with Gasteiger partial charge in [-0.05, 0) is 56.4 Å². The number of imidazole rings is 1. The number of nitrogens with one attached hydrogen (secondary N) is 1. The molecule has 4 aromatic rings. The third kappa shape index (κ3) is 4.71. The Morgan fingerprint density at radius 1 is 1.09 bits per heavy atom. The maximum Gasteiger partial charge on any atom is 0.137 e. The van der Waals surface area contributed by atoms with Crippen molar-refractivity contribution >= 4 is 11.5 Å². The molecule has 2 N–H and O–H groups in total. The van der Waals surface area contributed by atoms with Gasteiger partial charge in [0.25, 0.3) is 0 Å². The fraction of sp³-hybridized carbons (Fsp3) is 0.444. The van der Waals surface area contributed by atoms with Gasteiger partial charge in [-0.1, -0.05) is 32.8 Å². The molecule has 0 radical (unpaired) electrons. The summed E-state index contributed by atoms with van der Waals surface area (Å²) in [7, 11) is 0. The van der Waals surface area contributed by atoms with Gasteiger partial charge in [0.05, 0.1) is 35.9 Å². The number of aromatic nitrogens is 5. The van der Waals surface area contributed by atoms with Crippen LogP contribution in [0.1, 0.15) is 53.4 Å². The summed E-state index contributed by atoms with van der Waals surface area (Å²) in [5, 5.41) is 18.2. The van der Waals surface area contributed by atoms with Crippen LogP contribution in [0.4, 0.5) is 5.82 Å². The second kappa shape index (κ2) is 8.55. The van der Waals surface area contributed by atoms with E-state index in [1.54, 1.807) is 18.5 Å². The van der Waals surface area contributed by atoms with E-state index in [1.807, 2.05) is 36.8 Å². The number of hydrogen-bond donors (Lipinski definition) is 2. The highest BCUT2D eigenvalue weighted by molar-refractivity contribution is 5.67. The first-order chi connectivity index (χ1) is 16.2. The van der Waals surface area contributed by atoms with Crippen LogP contribution in [0.25, 0.3) is 28.2 Å². The van der Waals surface area contributed by atoms with Crippen LogP contribution in [-0.2, 0) is 6.54 Å². The predicted molar refractivity (Wildman–Crippen MR) is 136 cm³/mol. The zero-order chi connectivity index (χ0) is 23.9. The molecular weight excluding hydrogens is 424 g/mol. The predicted octanol–water partition coefficient (Wildman–Crippen LogP) is 5.41. The molecule has 1 unspecified atom stereocenters. The van der Waals surface area contributed by atoms with Crippen LogP contribution in [0.15, 0.2) is 55.1 Å². The summed E-state index contributed by atoms with van der Waals surface area (Å²) >= 11 is 0. The molecule has 0 bridgehead atoms. The van der Waals surface area contributed by atoms with Crippen molar-refractivity contribution in [2.45, 2.75) is 71.6 Å². The van der Waals surface area contributed by atoms with Gasteiger partial charge in [-0.25, -0.2) is 9.97 Å². The average molecular weight is 459 g/mol. The van der Waals surface area contributed by atoms with Gasteiger partial charge in [0.15, 0.2) is 0 Å². The van der Waals surface area contributed by atoms with Crippen molar-refractivity contribution in [1.29, 1.82) is 0 Å². The first kappa shape index (κ1) is 22.6. The van der Waals surface area contributed by atoms with Gasteiger partial charge in [0, 0.05) is 29.6 Å². The van der Waals surface area contributed by atoms with Gasteiger partial charge in [-0.3, -0.25) is 9.08 Å². The molecule has 0 amide bonds. The van der Waals surface area contributed by atoms with Gasteiger partial charge < -0.3 is 10.4 Å². The molecule has 1 saturated carbocycles. The Morgan fingerprint density at radius 3 is 2.74 bits per heavy atom. The van der Waals surface area contributed by atoms with E-state index in [0.717, 1.165) is 34.0 Å². The summed E-state index contributed by atoms with van der Waals surface area (Å²) < 4.78 is 3.86. The normalized spacial score (nSPS) is 18.3. The number of anilines is 1. The highest BCUT2D eigenvalue weighted by Gasteiger charge is 2.32. The first-order valence-corrected chi connectivity index (χ1v) is 12.1. The summed E-state index contributed by atoms with van der Waals surface area (Å²) in [6, 6.07) is 10.6. The highest BCUT2D eigenvalue weighted by Crippen LogP contribution is 2.37. The van der Waals surface area contributed by atoms with Crippen LogP contribution in [0.2, 0.25) is 0 Å². The molecule has 1 fully saturated rings. The SMILES string of the molecule is CC(C)(O)Cn1cc(-c2ccc3ncc(-c4cccc(NC5CCCCC5(C)C)n4)n3c2)cn1. The van der Waals surface area contributed by atoms with E-state index >= 15 is 0 Å². The third-order valence-corrected chi connectivity index (χ3v) is 6.86. The molecule has 7 heteroatoms. The maximum absolute atomic E-state index is 10.1. The van der Waals surface area contributed by atoms with E-state index in [4.69, 9.17) is 4.98 Å². The number of rotatable bonds is 6. The summed E-state index contributed by atoms with van der Waals surface area (Å²) in [6.45, 7) is 8.70. The van der Waals surface area contributed by atoms with Crippen LogP contribution in [0.5, 0.6) is 0 Å². The molecule has 4 heterocycles. The Bertz CT molecular complexity index is 1300. The Morgan fingerprint density at radius 2 is 1.94 bits per heavy atom. The van der Waals surface area contributed by atoms with Crippen molar-refractivity contribution < 1.29 is 5.11 Å². The average Bonchev–Trinajstić information content (AvgIpc) is 3.41. The van der Waals surface area contributed by atoms with E-state index in [1.165, 1.54) is 25.7 Å². The largest absolute Gasteiger partial charge is 0.389 e. The quantitative estimate of drug-likeness (QED) is 0.404. The van der Waals surface area contributed by atoms with E-state index in [9.17, 15) is 5.11 Å². The maximum atomic E-state index is 10.1. The molecule has 1 aliphatic carbocycles. The summed E-state index contributed by atoms with van der Waals surface area (Å²) in [6.07, 6.45) is 12.7. The zero-order valence-corrected chi connectivity index (χ0v) is 20.5. The van der Waals surface area contributed by atoms with E-state index in [-0.39, 0.29) is 5.41 Å². The Labute approximate surface area is 200 Å². The smallest absolute Gasteiger partial charge is 0.137 e. The van der Waals surface area contributed by atoms with E-state index < -0.39 is 5.60 Å². The topological polar surface area (TPSA) is 80.3 Å². The lowest BCUT2D eigenvalue weighted by Crippen LogP contribution is -2.39. The van der Waals surface area contributed by atoms with Crippen LogP contribution < -0.4 is 5.32 Å². The number of pyridine rings is 2.